The molecule has 1 aromatic carbocycles. The molecule has 0 heterocycles. The van der Waals surface area contributed by atoms with Crippen molar-refractivity contribution < 1.29 is 0 Å². The fourth-order valence-electron chi connectivity index (χ4n) is 2.54. The van der Waals surface area contributed by atoms with Gasteiger partial charge in [0.15, 0.2) is 0 Å². The van der Waals surface area contributed by atoms with Crippen molar-refractivity contribution in [3.05, 3.63) is 47.7 Å². The van der Waals surface area contributed by atoms with Crippen molar-refractivity contribution in [2.75, 3.05) is 14.1 Å². The molecule has 0 radical (unpaired) electrons. The molecule has 1 aliphatic carbocycles. The van der Waals surface area contributed by atoms with E-state index >= 15 is 0 Å². The van der Waals surface area contributed by atoms with Crippen LogP contribution < -0.4 is 0 Å². The van der Waals surface area contributed by atoms with E-state index in [1.54, 1.807) is 5.57 Å². The molecule has 0 spiro atoms. The van der Waals surface area contributed by atoms with Gasteiger partial charge in [-0.15, -0.1) is 0 Å². The van der Waals surface area contributed by atoms with Crippen LogP contribution in [0.15, 0.2) is 42.1 Å². The van der Waals surface area contributed by atoms with Gasteiger partial charge in [-0.3, -0.25) is 0 Å². The van der Waals surface area contributed by atoms with Gasteiger partial charge in [0.2, 0.25) is 0 Å². The van der Waals surface area contributed by atoms with Crippen molar-refractivity contribution in [3.8, 4) is 0 Å². The summed E-state index contributed by atoms with van der Waals surface area (Å²) < 4.78 is 0. The average molecular weight is 215 g/mol. The van der Waals surface area contributed by atoms with Gasteiger partial charge in [0.05, 0.1) is 0 Å². The van der Waals surface area contributed by atoms with E-state index in [0.717, 1.165) is 5.92 Å². The second kappa shape index (κ2) is 5.20. The zero-order valence-corrected chi connectivity index (χ0v) is 10.3. The lowest BCUT2D eigenvalue weighted by Gasteiger charge is -2.25. The van der Waals surface area contributed by atoms with E-state index in [2.05, 4.69) is 55.5 Å². The maximum atomic E-state index is 2.29. The molecule has 0 N–H and O–H groups in total. The highest BCUT2D eigenvalue weighted by atomic mass is 15.0. The monoisotopic (exact) mass is 215 g/mol. The Labute approximate surface area is 98.8 Å². The second-order valence-corrected chi connectivity index (χ2v) is 4.94. The van der Waals surface area contributed by atoms with Crippen LogP contribution in [0, 0.1) is 0 Å². The molecular weight excluding hydrogens is 194 g/mol. The molecule has 1 aliphatic rings. The smallest absolute Gasteiger partial charge is 0.00556 e. The number of hydrogen-bond acceptors (Lipinski definition) is 1. The Morgan fingerprint density at radius 2 is 1.69 bits per heavy atom. The number of rotatable bonds is 2. The molecule has 0 aliphatic heterocycles. The Bertz CT molecular complexity index is 341. The molecule has 0 bridgehead atoms. The molecule has 0 amide bonds. The first kappa shape index (κ1) is 11.3. The zero-order chi connectivity index (χ0) is 11.4. The molecule has 0 atom stereocenters. The van der Waals surface area contributed by atoms with Crippen LogP contribution in [0.1, 0.15) is 37.2 Å². The van der Waals surface area contributed by atoms with Crippen molar-refractivity contribution >= 4 is 0 Å². The normalized spacial score (nSPS) is 20.6. The topological polar surface area (TPSA) is 3.24 Å². The summed E-state index contributed by atoms with van der Waals surface area (Å²) in [5.41, 5.74) is 3.13. The van der Waals surface area contributed by atoms with E-state index in [9.17, 15) is 0 Å². The molecule has 1 nitrogen and oxygen atoms in total. The fraction of sp³-hybridized carbons (Fsp3) is 0.467. The largest absolute Gasteiger partial charge is 0.384 e. The lowest BCUT2D eigenvalue weighted by atomic mass is 9.82. The Morgan fingerprint density at radius 3 is 2.25 bits per heavy atom. The summed E-state index contributed by atoms with van der Waals surface area (Å²) in [7, 11) is 4.21. The summed E-state index contributed by atoms with van der Waals surface area (Å²) in [5.74, 6) is 0.778. The summed E-state index contributed by atoms with van der Waals surface area (Å²) >= 11 is 0. The van der Waals surface area contributed by atoms with E-state index < -0.39 is 0 Å². The van der Waals surface area contributed by atoms with Gasteiger partial charge in [-0.1, -0.05) is 35.9 Å². The molecule has 0 unspecified atom stereocenters. The third-order valence-electron chi connectivity index (χ3n) is 3.34. The standard InChI is InChI=1S/C15H21N/c1-16(2)12-13-8-10-15(11-9-13)14-6-4-3-5-7-14/h3-7,12,15H,8-11H2,1-2H3. The van der Waals surface area contributed by atoms with E-state index in [4.69, 9.17) is 0 Å². The van der Waals surface area contributed by atoms with Crippen molar-refractivity contribution in [2.45, 2.75) is 31.6 Å². The zero-order valence-electron chi connectivity index (χ0n) is 10.3. The predicted octanol–water partition coefficient (Wildman–Crippen LogP) is 3.79. The van der Waals surface area contributed by atoms with Crippen LogP contribution in [0.4, 0.5) is 0 Å². The summed E-state index contributed by atoms with van der Waals surface area (Å²) in [4.78, 5) is 2.16. The summed E-state index contributed by atoms with van der Waals surface area (Å²) in [5, 5.41) is 0. The van der Waals surface area contributed by atoms with Crippen molar-refractivity contribution in [1.29, 1.82) is 0 Å². The maximum Gasteiger partial charge on any atom is 0.00556 e. The molecule has 0 aromatic heterocycles. The van der Waals surface area contributed by atoms with Crippen molar-refractivity contribution in [1.82, 2.24) is 4.90 Å². The van der Waals surface area contributed by atoms with Gasteiger partial charge in [-0.2, -0.15) is 0 Å². The van der Waals surface area contributed by atoms with E-state index in [1.807, 2.05) is 0 Å². The highest BCUT2D eigenvalue weighted by molar-refractivity contribution is 5.21. The van der Waals surface area contributed by atoms with Crippen LogP contribution in [0.5, 0.6) is 0 Å². The fourth-order valence-corrected chi connectivity index (χ4v) is 2.54. The number of nitrogens with zero attached hydrogens (tertiary/aromatic N) is 1. The maximum absolute atomic E-state index is 2.29. The quantitative estimate of drug-likeness (QED) is 0.725. The summed E-state index contributed by atoms with van der Waals surface area (Å²) in [6.45, 7) is 0. The van der Waals surface area contributed by atoms with Gasteiger partial charge >= 0.3 is 0 Å². The summed E-state index contributed by atoms with van der Waals surface area (Å²) in [6.07, 6.45) is 7.43. The number of benzene rings is 1. The average Bonchev–Trinajstić information content (AvgIpc) is 2.30. The van der Waals surface area contributed by atoms with Crippen LogP contribution in [0.3, 0.4) is 0 Å². The first-order valence-corrected chi connectivity index (χ1v) is 6.16. The number of hydrogen-bond donors (Lipinski definition) is 0. The predicted molar refractivity (Wildman–Crippen MR) is 69.4 cm³/mol. The minimum Gasteiger partial charge on any atom is -0.384 e. The Hall–Kier alpha value is -1.24. The van der Waals surface area contributed by atoms with Gasteiger partial charge in [0.1, 0.15) is 0 Å². The molecule has 1 saturated carbocycles. The van der Waals surface area contributed by atoms with Crippen LogP contribution in [-0.4, -0.2) is 19.0 Å². The van der Waals surface area contributed by atoms with Gasteiger partial charge < -0.3 is 4.90 Å². The SMILES string of the molecule is CN(C)C=C1CCC(c2ccccc2)CC1. The molecule has 2 rings (SSSR count). The van der Waals surface area contributed by atoms with E-state index in [1.165, 1.54) is 31.2 Å². The lowest BCUT2D eigenvalue weighted by molar-refractivity contribution is 0.490. The van der Waals surface area contributed by atoms with E-state index in [0.29, 0.717) is 0 Å². The molecule has 16 heavy (non-hydrogen) atoms. The Balaban J connectivity index is 1.96. The second-order valence-electron chi connectivity index (χ2n) is 4.94. The minimum atomic E-state index is 0.778. The Kier molecular flexibility index (Phi) is 3.66. The minimum absolute atomic E-state index is 0.778. The third kappa shape index (κ3) is 2.88. The third-order valence-corrected chi connectivity index (χ3v) is 3.34. The first-order chi connectivity index (χ1) is 7.75. The van der Waals surface area contributed by atoms with Gasteiger partial charge in [0, 0.05) is 14.1 Å². The molecule has 0 saturated heterocycles. The van der Waals surface area contributed by atoms with Crippen LogP contribution in [0.25, 0.3) is 0 Å². The van der Waals surface area contributed by atoms with Crippen molar-refractivity contribution in [3.63, 3.8) is 0 Å². The summed E-state index contributed by atoms with van der Waals surface area (Å²) in [6, 6.07) is 10.9. The highest BCUT2D eigenvalue weighted by Crippen LogP contribution is 2.35. The first-order valence-electron chi connectivity index (χ1n) is 6.16. The van der Waals surface area contributed by atoms with Crippen LogP contribution >= 0.6 is 0 Å². The Morgan fingerprint density at radius 1 is 1.06 bits per heavy atom. The molecule has 1 heteroatoms. The van der Waals surface area contributed by atoms with Crippen LogP contribution in [-0.2, 0) is 0 Å². The van der Waals surface area contributed by atoms with Crippen LogP contribution in [0.2, 0.25) is 0 Å². The lowest BCUT2D eigenvalue weighted by Crippen LogP contribution is -2.10. The van der Waals surface area contributed by atoms with Gasteiger partial charge in [0.25, 0.3) is 0 Å². The number of allylic oxidation sites excluding steroid dienone is 1. The van der Waals surface area contributed by atoms with Crippen molar-refractivity contribution in [2.24, 2.45) is 0 Å². The molecular formula is C15H21N. The molecule has 86 valence electrons. The highest BCUT2D eigenvalue weighted by Gasteiger charge is 2.17. The van der Waals surface area contributed by atoms with Gasteiger partial charge in [-0.05, 0) is 43.4 Å². The van der Waals surface area contributed by atoms with Gasteiger partial charge in [-0.25, -0.2) is 0 Å². The molecule has 1 aromatic rings. The molecule has 1 fully saturated rings. The van der Waals surface area contributed by atoms with E-state index in [-0.39, 0.29) is 0 Å².